The fourth-order valence-corrected chi connectivity index (χ4v) is 6.72. The molecule has 0 aliphatic rings. The third-order valence-electron chi connectivity index (χ3n) is 7.42. The molecule has 3 aromatic carbocycles. The fourth-order valence-electron chi connectivity index (χ4n) is 5.45. The lowest BCUT2D eigenvalue weighted by Crippen LogP contribution is -2.29. The van der Waals surface area contributed by atoms with Crippen LogP contribution in [0.2, 0.25) is 5.02 Å². The number of pyridine rings is 1. The van der Waals surface area contributed by atoms with Crippen LogP contribution in [0.5, 0.6) is 0 Å². The Hall–Kier alpha value is -4.18. The topological polar surface area (TPSA) is 79.1 Å². The van der Waals surface area contributed by atoms with Crippen LogP contribution >= 0.6 is 22.9 Å². The maximum atomic E-state index is 15.5. The van der Waals surface area contributed by atoms with E-state index in [0.717, 1.165) is 37.9 Å². The SMILES string of the molecule is CCOC(=O)C(OC(C)(C)C)c1c(C)cc2nc(-c3cc(-c4ccc5c(cnn5C)c4)ncc3F)sc2c1-c1ccc(Cl)cc1. The van der Waals surface area contributed by atoms with Crippen molar-refractivity contribution < 1.29 is 18.7 Å². The molecule has 0 radical (unpaired) electrons. The van der Waals surface area contributed by atoms with Gasteiger partial charge in [0.1, 0.15) is 5.01 Å². The van der Waals surface area contributed by atoms with Gasteiger partial charge in [-0.15, -0.1) is 11.3 Å². The predicted molar refractivity (Wildman–Crippen MR) is 178 cm³/mol. The van der Waals surface area contributed by atoms with Crippen LogP contribution in [0.15, 0.2) is 67.0 Å². The van der Waals surface area contributed by atoms with E-state index in [1.807, 2.05) is 71.1 Å². The molecule has 0 saturated carbocycles. The summed E-state index contributed by atoms with van der Waals surface area (Å²) in [6.07, 6.45) is 2.02. The number of rotatable bonds is 7. The van der Waals surface area contributed by atoms with Gasteiger partial charge in [-0.2, -0.15) is 5.10 Å². The summed E-state index contributed by atoms with van der Waals surface area (Å²) in [5.74, 6) is -0.962. The Morgan fingerprint density at radius 2 is 1.80 bits per heavy atom. The molecule has 0 N–H and O–H groups in total. The zero-order valence-corrected chi connectivity index (χ0v) is 27.4. The molecule has 6 aromatic rings. The monoisotopic (exact) mass is 642 g/mol. The van der Waals surface area contributed by atoms with Crippen molar-refractivity contribution in [2.75, 3.05) is 6.61 Å². The molecule has 3 heterocycles. The van der Waals surface area contributed by atoms with Crippen molar-refractivity contribution in [2.45, 2.75) is 46.3 Å². The normalized spacial score (nSPS) is 12.6. The Morgan fingerprint density at radius 3 is 2.51 bits per heavy atom. The number of thiazole rings is 1. The van der Waals surface area contributed by atoms with Gasteiger partial charge < -0.3 is 9.47 Å². The van der Waals surface area contributed by atoms with Crippen LogP contribution in [0.1, 0.15) is 44.9 Å². The number of nitrogens with zero attached hydrogens (tertiary/aromatic N) is 4. The highest BCUT2D eigenvalue weighted by Crippen LogP contribution is 2.45. The molecule has 230 valence electrons. The van der Waals surface area contributed by atoms with E-state index in [-0.39, 0.29) is 6.61 Å². The molecule has 3 aromatic heterocycles. The average molecular weight is 643 g/mol. The maximum Gasteiger partial charge on any atom is 0.339 e. The highest BCUT2D eigenvalue weighted by Gasteiger charge is 2.33. The van der Waals surface area contributed by atoms with Crippen LogP contribution in [0.3, 0.4) is 0 Å². The summed E-state index contributed by atoms with van der Waals surface area (Å²) in [7, 11) is 1.89. The van der Waals surface area contributed by atoms with Gasteiger partial charge in [-0.25, -0.2) is 14.2 Å². The number of carbonyl (C=O) groups is 1. The Balaban J connectivity index is 1.56. The second-order valence-corrected chi connectivity index (χ2v) is 13.2. The van der Waals surface area contributed by atoms with E-state index in [9.17, 15) is 4.79 Å². The number of fused-ring (bicyclic) bond motifs is 2. The minimum absolute atomic E-state index is 0.211. The second kappa shape index (κ2) is 12.0. The van der Waals surface area contributed by atoms with Crippen molar-refractivity contribution in [1.82, 2.24) is 19.7 Å². The smallest absolute Gasteiger partial charge is 0.339 e. The van der Waals surface area contributed by atoms with Crippen LogP contribution in [0.4, 0.5) is 4.39 Å². The number of carbonyl (C=O) groups excluding carboxylic acids is 1. The Morgan fingerprint density at radius 1 is 1.07 bits per heavy atom. The Kier molecular flexibility index (Phi) is 8.20. The quantitative estimate of drug-likeness (QED) is 0.162. The first-order chi connectivity index (χ1) is 21.4. The first-order valence-electron chi connectivity index (χ1n) is 14.6. The molecule has 1 unspecified atom stereocenters. The molecule has 0 amide bonds. The Labute approximate surface area is 269 Å². The van der Waals surface area contributed by atoms with Crippen molar-refractivity contribution in [3.05, 3.63) is 89.0 Å². The number of halogens is 2. The molecule has 0 aliphatic heterocycles. The van der Waals surface area contributed by atoms with Gasteiger partial charge in [0.15, 0.2) is 11.9 Å². The van der Waals surface area contributed by atoms with Gasteiger partial charge in [0.2, 0.25) is 0 Å². The van der Waals surface area contributed by atoms with E-state index in [4.69, 9.17) is 26.1 Å². The number of hydrogen-bond donors (Lipinski definition) is 0. The highest BCUT2D eigenvalue weighted by atomic mass is 35.5. The third-order valence-corrected chi connectivity index (χ3v) is 8.80. The molecule has 0 spiro atoms. The van der Waals surface area contributed by atoms with Crippen molar-refractivity contribution in [1.29, 1.82) is 0 Å². The summed E-state index contributed by atoms with van der Waals surface area (Å²) < 4.78 is 29.9. The van der Waals surface area contributed by atoms with Crippen LogP contribution in [-0.2, 0) is 21.3 Å². The molecule has 0 saturated heterocycles. The number of esters is 1. The van der Waals surface area contributed by atoms with E-state index in [1.54, 1.807) is 36.0 Å². The van der Waals surface area contributed by atoms with Gasteiger partial charge in [0.25, 0.3) is 0 Å². The lowest BCUT2D eigenvalue weighted by molar-refractivity contribution is -0.166. The standard InChI is InChI=1S/C35H32ClFN4O3S/c1-7-43-34(42)31(44-35(3,4)5)29-19(2)14-27-32(30(29)20-8-11-23(36)12-9-20)45-33(40-27)24-16-26(38-18-25(24)37)21-10-13-28-22(15-21)17-39-41(28)6/h8-18,31H,7H2,1-6H3. The molecular weight excluding hydrogens is 611 g/mol. The maximum absolute atomic E-state index is 15.5. The van der Waals surface area contributed by atoms with Crippen LogP contribution in [0.25, 0.3) is 54.1 Å². The highest BCUT2D eigenvalue weighted by molar-refractivity contribution is 7.22. The van der Waals surface area contributed by atoms with Gasteiger partial charge in [-0.1, -0.05) is 29.8 Å². The predicted octanol–water partition coefficient (Wildman–Crippen LogP) is 9.10. The van der Waals surface area contributed by atoms with Crippen LogP contribution < -0.4 is 0 Å². The molecule has 0 fully saturated rings. The van der Waals surface area contributed by atoms with Crippen molar-refractivity contribution in [3.63, 3.8) is 0 Å². The minimum Gasteiger partial charge on any atom is -0.464 e. The van der Waals surface area contributed by atoms with Gasteiger partial charge in [-0.05, 0) is 82.1 Å². The van der Waals surface area contributed by atoms with Crippen molar-refractivity contribution >= 4 is 50.0 Å². The number of aromatic nitrogens is 4. The lowest BCUT2D eigenvalue weighted by atomic mass is 9.91. The molecule has 45 heavy (non-hydrogen) atoms. The third kappa shape index (κ3) is 6.08. The van der Waals surface area contributed by atoms with E-state index < -0.39 is 23.5 Å². The van der Waals surface area contributed by atoms with Crippen molar-refractivity contribution in [3.8, 4) is 33.0 Å². The second-order valence-electron chi connectivity index (χ2n) is 11.8. The van der Waals surface area contributed by atoms with Gasteiger partial charge in [0, 0.05) is 39.7 Å². The van der Waals surface area contributed by atoms with Crippen LogP contribution in [-0.4, -0.2) is 37.9 Å². The molecule has 0 aliphatic carbocycles. The summed E-state index contributed by atoms with van der Waals surface area (Å²) in [6, 6.07) is 17.0. The number of aryl methyl sites for hydroxylation is 2. The number of hydrogen-bond acceptors (Lipinski definition) is 7. The van der Waals surface area contributed by atoms with Crippen LogP contribution in [0, 0.1) is 12.7 Å². The van der Waals surface area contributed by atoms with Gasteiger partial charge in [-0.3, -0.25) is 9.67 Å². The zero-order chi connectivity index (χ0) is 32.0. The average Bonchev–Trinajstić information content (AvgIpc) is 3.58. The van der Waals surface area contributed by atoms with Crippen molar-refractivity contribution in [2.24, 2.45) is 7.05 Å². The van der Waals surface area contributed by atoms with E-state index in [2.05, 4.69) is 10.1 Å². The van der Waals surface area contributed by atoms with Gasteiger partial charge >= 0.3 is 5.97 Å². The summed E-state index contributed by atoms with van der Waals surface area (Å²) >= 11 is 7.62. The number of benzene rings is 3. The summed E-state index contributed by atoms with van der Waals surface area (Å²) in [4.78, 5) is 22.7. The molecular formula is C35H32ClFN4O3S. The first-order valence-corrected chi connectivity index (χ1v) is 15.8. The molecule has 6 rings (SSSR count). The molecule has 10 heteroatoms. The summed E-state index contributed by atoms with van der Waals surface area (Å²) in [5, 5.41) is 6.36. The molecule has 7 nitrogen and oxygen atoms in total. The largest absolute Gasteiger partial charge is 0.464 e. The molecule has 0 bridgehead atoms. The number of ether oxygens (including phenoxy) is 2. The zero-order valence-electron chi connectivity index (χ0n) is 25.8. The summed E-state index contributed by atoms with van der Waals surface area (Å²) in [6.45, 7) is 9.60. The first kappa shape index (κ1) is 30.8. The van der Waals surface area contributed by atoms with E-state index >= 15 is 4.39 Å². The minimum atomic E-state index is -1.00. The summed E-state index contributed by atoms with van der Waals surface area (Å²) in [5.41, 5.74) is 5.88. The van der Waals surface area contributed by atoms with E-state index in [1.165, 1.54) is 17.5 Å². The van der Waals surface area contributed by atoms with Gasteiger partial charge in [0.05, 0.1) is 46.0 Å². The van der Waals surface area contributed by atoms with E-state index in [0.29, 0.717) is 32.4 Å². The fraction of sp³-hybridized carbons (Fsp3) is 0.257. The lowest BCUT2D eigenvalue weighted by Gasteiger charge is -2.29. The Bertz CT molecular complexity index is 2060. The molecule has 1 atom stereocenters.